The zero-order chi connectivity index (χ0) is 11.5. The number of aromatic nitrogens is 1. The summed E-state index contributed by atoms with van der Waals surface area (Å²) in [6.45, 7) is 0. The van der Waals surface area contributed by atoms with Crippen molar-refractivity contribution in [2.45, 2.75) is 0 Å². The van der Waals surface area contributed by atoms with Gasteiger partial charge >= 0.3 is 0 Å². The molecule has 0 aliphatic heterocycles. The van der Waals surface area contributed by atoms with Gasteiger partial charge in [-0.25, -0.2) is 0 Å². The molecule has 0 atom stereocenters. The summed E-state index contributed by atoms with van der Waals surface area (Å²) in [7, 11) is 3.19. The quantitative estimate of drug-likeness (QED) is 0.717. The van der Waals surface area contributed by atoms with Gasteiger partial charge in [0.15, 0.2) is 5.75 Å². The second-order valence-electron chi connectivity index (χ2n) is 3.23. The molecule has 0 N–H and O–H groups in total. The van der Waals surface area contributed by atoms with Crippen LogP contribution in [0.3, 0.4) is 0 Å². The van der Waals surface area contributed by atoms with Crippen molar-refractivity contribution in [3.8, 4) is 23.8 Å². The number of fused-ring (bicyclic) bond motifs is 1. The van der Waals surface area contributed by atoms with Crippen molar-refractivity contribution in [1.29, 1.82) is 0 Å². The zero-order valence-electron chi connectivity index (χ0n) is 9.15. The van der Waals surface area contributed by atoms with Gasteiger partial charge in [0, 0.05) is 5.39 Å². The van der Waals surface area contributed by atoms with Gasteiger partial charge in [0.2, 0.25) is 0 Å². The lowest BCUT2D eigenvalue weighted by Gasteiger charge is -2.07. The molecule has 0 radical (unpaired) electrons. The Labute approximate surface area is 94.0 Å². The van der Waals surface area contributed by atoms with E-state index in [-0.39, 0.29) is 0 Å². The standard InChI is InChI=1S/C13H11NO2/c1-4-10-11-7-9(15-2)5-6-12(11)14-8-13(10)16-3/h1,5-8H,2-3H3. The topological polar surface area (TPSA) is 31.4 Å². The first-order valence-electron chi connectivity index (χ1n) is 4.77. The SMILES string of the molecule is C#Cc1c(OC)cnc2ccc(OC)cc12. The van der Waals surface area contributed by atoms with E-state index in [1.165, 1.54) is 0 Å². The Kier molecular flexibility index (Phi) is 2.65. The fourth-order valence-electron chi connectivity index (χ4n) is 1.58. The van der Waals surface area contributed by atoms with E-state index in [0.29, 0.717) is 11.3 Å². The average molecular weight is 213 g/mol. The highest BCUT2D eigenvalue weighted by Gasteiger charge is 2.08. The Hall–Kier alpha value is -2.21. The van der Waals surface area contributed by atoms with Crippen LogP contribution in [0.4, 0.5) is 0 Å². The number of hydrogen-bond donors (Lipinski definition) is 0. The van der Waals surface area contributed by atoms with Gasteiger partial charge in [0.1, 0.15) is 5.75 Å². The third-order valence-corrected chi connectivity index (χ3v) is 2.40. The van der Waals surface area contributed by atoms with E-state index in [9.17, 15) is 0 Å². The van der Waals surface area contributed by atoms with E-state index in [1.54, 1.807) is 20.4 Å². The predicted octanol–water partition coefficient (Wildman–Crippen LogP) is 2.23. The van der Waals surface area contributed by atoms with Crippen molar-refractivity contribution in [3.05, 3.63) is 30.0 Å². The van der Waals surface area contributed by atoms with Gasteiger partial charge in [0.05, 0.1) is 31.5 Å². The van der Waals surface area contributed by atoms with Gasteiger partial charge < -0.3 is 9.47 Å². The monoisotopic (exact) mass is 213 g/mol. The molecule has 0 aliphatic carbocycles. The number of benzene rings is 1. The Morgan fingerprint density at radius 1 is 1.25 bits per heavy atom. The predicted molar refractivity (Wildman–Crippen MR) is 62.8 cm³/mol. The third-order valence-electron chi connectivity index (χ3n) is 2.40. The van der Waals surface area contributed by atoms with Gasteiger partial charge in [-0.2, -0.15) is 0 Å². The van der Waals surface area contributed by atoms with E-state index in [1.807, 2.05) is 18.2 Å². The summed E-state index contributed by atoms with van der Waals surface area (Å²) in [6.07, 6.45) is 7.11. The molecule has 16 heavy (non-hydrogen) atoms. The molecule has 1 aromatic carbocycles. The summed E-state index contributed by atoms with van der Waals surface area (Å²) in [5, 5.41) is 0.862. The maximum atomic E-state index is 5.49. The van der Waals surface area contributed by atoms with Crippen molar-refractivity contribution in [1.82, 2.24) is 4.98 Å². The normalized spacial score (nSPS) is 9.81. The molecule has 0 fully saturated rings. The zero-order valence-corrected chi connectivity index (χ0v) is 9.15. The van der Waals surface area contributed by atoms with Crippen LogP contribution in [0.15, 0.2) is 24.4 Å². The van der Waals surface area contributed by atoms with Crippen LogP contribution in [0.5, 0.6) is 11.5 Å². The van der Waals surface area contributed by atoms with Crippen LogP contribution in [0.2, 0.25) is 0 Å². The summed E-state index contributed by atoms with van der Waals surface area (Å²) in [5.41, 5.74) is 1.53. The largest absolute Gasteiger partial charge is 0.497 e. The highest BCUT2D eigenvalue weighted by molar-refractivity contribution is 5.88. The van der Waals surface area contributed by atoms with Gasteiger partial charge in [-0.3, -0.25) is 4.98 Å². The van der Waals surface area contributed by atoms with E-state index in [2.05, 4.69) is 10.9 Å². The summed E-state index contributed by atoms with van der Waals surface area (Å²) >= 11 is 0. The molecule has 0 saturated carbocycles. The van der Waals surface area contributed by atoms with E-state index in [4.69, 9.17) is 15.9 Å². The molecule has 0 spiro atoms. The lowest BCUT2D eigenvalue weighted by Crippen LogP contribution is -1.92. The van der Waals surface area contributed by atoms with Crippen LogP contribution in [0.1, 0.15) is 5.56 Å². The molecule has 0 amide bonds. The Morgan fingerprint density at radius 3 is 2.69 bits per heavy atom. The summed E-state index contributed by atoms with van der Waals surface area (Å²) in [4.78, 5) is 4.26. The maximum Gasteiger partial charge on any atom is 0.153 e. The molecule has 0 aliphatic rings. The molecule has 0 bridgehead atoms. The fraction of sp³-hybridized carbons (Fsp3) is 0.154. The molecular weight excluding hydrogens is 202 g/mol. The highest BCUT2D eigenvalue weighted by atomic mass is 16.5. The molecule has 0 saturated heterocycles. The van der Waals surface area contributed by atoms with Gasteiger partial charge in [-0.15, -0.1) is 6.42 Å². The summed E-state index contributed by atoms with van der Waals surface area (Å²) in [5.74, 6) is 3.97. The minimum absolute atomic E-state index is 0.600. The second-order valence-corrected chi connectivity index (χ2v) is 3.23. The molecule has 3 nitrogen and oxygen atoms in total. The number of methoxy groups -OCH3 is 2. The van der Waals surface area contributed by atoms with Crippen molar-refractivity contribution in [2.75, 3.05) is 14.2 Å². The van der Waals surface area contributed by atoms with Crippen LogP contribution in [0.25, 0.3) is 10.9 Å². The first-order valence-corrected chi connectivity index (χ1v) is 4.77. The molecule has 2 aromatic rings. The minimum Gasteiger partial charge on any atom is -0.497 e. The van der Waals surface area contributed by atoms with Crippen molar-refractivity contribution < 1.29 is 9.47 Å². The van der Waals surface area contributed by atoms with Crippen molar-refractivity contribution in [2.24, 2.45) is 0 Å². The van der Waals surface area contributed by atoms with Crippen LogP contribution in [-0.2, 0) is 0 Å². The number of hydrogen-bond acceptors (Lipinski definition) is 3. The van der Waals surface area contributed by atoms with Crippen molar-refractivity contribution in [3.63, 3.8) is 0 Å². The fourth-order valence-corrected chi connectivity index (χ4v) is 1.58. The third kappa shape index (κ3) is 1.55. The maximum absolute atomic E-state index is 5.49. The van der Waals surface area contributed by atoms with E-state index in [0.717, 1.165) is 16.7 Å². The molecule has 80 valence electrons. The molecule has 1 aromatic heterocycles. The Morgan fingerprint density at radius 2 is 2.06 bits per heavy atom. The first kappa shape index (κ1) is 10.3. The van der Waals surface area contributed by atoms with E-state index >= 15 is 0 Å². The second kappa shape index (κ2) is 4.11. The van der Waals surface area contributed by atoms with Crippen LogP contribution in [-0.4, -0.2) is 19.2 Å². The first-order chi connectivity index (χ1) is 7.80. The van der Waals surface area contributed by atoms with Crippen LogP contribution >= 0.6 is 0 Å². The van der Waals surface area contributed by atoms with Gasteiger partial charge in [0.25, 0.3) is 0 Å². The Balaban J connectivity index is 2.79. The molecule has 1 heterocycles. The number of ether oxygens (including phenoxy) is 2. The summed E-state index contributed by atoms with van der Waals surface area (Å²) < 4.78 is 10.3. The Bertz CT molecular complexity index is 565. The molecule has 0 unspecified atom stereocenters. The minimum atomic E-state index is 0.600. The lowest BCUT2D eigenvalue weighted by molar-refractivity contribution is 0.411. The number of nitrogens with zero attached hydrogens (tertiary/aromatic N) is 1. The molecule has 3 heteroatoms. The number of terminal acetylenes is 1. The van der Waals surface area contributed by atoms with Gasteiger partial charge in [-0.05, 0) is 18.2 Å². The number of rotatable bonds is 2. The van der Waals surface area contributed by atoms with Crippen molar-refractivity contribution >= 4 is 10.9 Å². The van der Waals surface area contributed by atoms with Gasteiger partial charge in [-0.1, -0.05) is 5.92 Å². The number of pyridine rings is 1. The lowest BCUT2D eigenvalue weighted by atomic mass is 10.1. The van der Waals surface area contributed by atoms with Crippen LogP contribution < -0.4 is 9.47 Å². The molecular formula is C13H11NO2. The van der Waals surface area contributed by atoms with Crippen LogP contribution in [0, 0.1) is 12.3 Å². The van der Waals surface area contributed by atoms with E-state index < -0.39 is 0 Å². The average Bonchev–Trinajstić information content (AvgIpc) is 2.36. The summed E-state index contributed by atoms with van der Waals surface area (Å²) in [6, 6.07) is 5.58. The molecule has 2 rings (SSSR count). The smallest absolute Gasteiger partial charge is 0.153 e. The highest BCUT2D eigenvalue weighted by Crippen LogP contribution is 2.27.